The van der Waals surface area contributed by atoms with Crippen molar-refractivity contribution in [3.05, 3.63) is 66.5 Å². The molecule has 3 aromatic rings. The zero-order valence-corrected chi connectivity index (χ0v) is 10.1. The second-order valence-corrected chi connectivity index (χ2v) is 4.08. The number of hydrogen-bond acceptors (Lipinski definition) is 3. The number of rotatable bonds is 2. The van der Waals surface area contributed by atoms with Gasteiger partial charge in [-0.3, -0.25) is 9.78 Å². The van der Waals surface area contributed by atoms with Gasteiger partial charge in [-0.05, 0) is 30.3 Å². The number of carbonyl (C=O) groups is 1. The van der Waals surface area contributed by atoms with Crippen molar-refractivity contribution in [3.8, 4) is 0 Å². The highest BCUT2D eigenvalue weighted by molar-refractivity contribution is 6.04. The molecule has 1 amide bonds. The van der Waals surface area contributed by atoms with E-state index < -0.39 is 0 Å². The van der Waals surface area contributed by atoms with Gasteiger partial charge >= 0.3 is 0 Å². The highest BCUT2D eigenvalue weighted by Gasteiger charge is 2.06. The highest BCUT2D eigenvalue weighted by atomic mass is 16.1. The fourth-order valence-corrected chi connectivity index (χ4v) is 1.83. The van der Waals surface area contributed by atoms with E-state index in [9.17, 15) is 4.79 Å². The second-order valence-electron chi connectivity index (χ2n) is 4.08. The second kappa shape index (κ2) is 4.86. The number of fused-ring (bicyclic) bond motifs is 1. The van der Waals surface area contributed by atoms with Crippen LogP contribution in [0.2, 0.25) is 0 Å². The zero-order valence-electron chi connectivity index (χ0n) is 10.1. The first-order valence-electron chi connectivity index (χ1n) is 5.90. The molecular formula is C15H11N3O. The minimum Gasteiger partial charge on any atom is -0.307 e. The van der Waals surface area contributed by atoms with E-state index in [4.69, 9.17) is 0 Å². The number of hydrogen-bond donors (Lipinski definition) is 1. The summed E-state index contributed by atoms with van der Waals surface area (Å²) >= 11 is 0. The maximum absolute atomic E-state index is 12.0. The molecule has 2 heterocycles. The molecule has 0 spiro atoms. The molecule has 0 fully saturated rings. The van der Waals surface area contributed by atoms with Crippen molar-refractivity contribution in [2.75, 3.05) is 5.32 Å². The molecule has 0 radical (unpaired) electrons. The quantitative estimate of drug-likeness (QED) is 0.759. The first-order valence-corrected chi connectivity index (χ1v) is 5.90. The van der Waals surface area contributed by atoms with Crippen LogP contribution in [0.1, 0.15) is 10.4 Å². The lowest BCUT2D eigenvalue weighted by Crippen LogP contribution is -2.12. The summed E-state index contributed by atoms with van der Waals surface area (Å²) in [6, 6.07) is 14.8. The number of aromatic nitrogens is 2. The molecule has 3 rings (SSSR count). The Kier molecular flexibility index (Phi) is 2.90. The average Bonchev–Trinajstić information content (AvgIpc) is 2.48. The Balaban J connectivity index is 1.87. The lowest BCUT2D eigenvalue weighted by molar-refractivity contribution is 0.102. The normalized spacial score (nSPS) is 10.3. The van der Waals surface area contributed by atoms with E-state index in [1.807, 2.05) is 30.3 Å². The minimum absolute atomic E-state index is 0.190. The third-order valence-electron chi connectivity index (χ3n) is 2.78. The standard InChI is InChI=1S/C15H11N3O/c19-15(12-7-9-16-10-8-12)18-14-6-5-11-3-1-2-4-13(11)17-14/h1-10H,(H,17,18,19). The van der Waals surface area contributed by atoms with Crippen LogP contribution in [-0.4, -0.2) is 15.9 Å². The van der Waals surface area contributed by atoms with Crippen molar-refractivity contribution in [3.63, 3.8) is 0 Å². The molecule has 92 valence electrons. The molecule has 0 saturated heterocycles. The molecule has 0 aliphatic rings. The average molecular weight is 249 g/mol. The molecular weight excluding hydrogens is 238 g/mol. The SMILES string of the molecule is O=C(Nc1ccc2ccccc2n1)c1ccncc1. The van der Waals surface area contributed by atoms with Gasteiger partial charge in [0.05, 0.1) is 5.52 Å². The van der Waals surface area contributed by atoms with Gasteiger partial charge in [0.15, 0.2) is 0 Å². The van der Waals surface area contributed by atoms with Gasteiger partial charge in [0, 0.05) is 23.3 Å². The van der Waals surface area contributed by atoms with Gasteiger partial charge in [0.1, 0.15) is 5.82 Å². The molecule has 0 atom stereocenters. The van der Waals surface area contributed by atoms with Crippen LogP contribution in [0.25, 0.3) is 10.9 Å². The van der Waals surface area contributed by atoms with E-state index in [-0.39, 0.29) is 5.91 Å². The van der Waals surface area contributed by atoms with E-state index in [1.54, 1.807) is 30.6 Å². The van der Waals surface area contributed by atoms with Gasteiger partial charge < -0.3 is 5.32 Å². The van der Waals surface area contributed by atoms with Crippen LogP contribution in [-0.2, 0) is 0 Å². The van der Waals surface area contributed by atoms with Gasteiger partial charge in [0.2, 0.25) is 0 Å². The molecule has 19 heavy (non-hydrogen) atoms. The fraction of sp³-hybridized carbons (Fsp3) is 0. The first-order chi connectivity index (χ1) is 9.33. The van der Waals surface area contributed by atoms with Crippen molar-refractivity contribution >= 4 is 22.6 Å². The van der Waals surface area contributed by atoms with Crippen molar-refractivity contribution in [1.82, 2.24) is 9.97 Å². The monoisotopic (exact) mass is 249 g/mol. The molecule has 0 saturated carbocycles. The first kappa shape index (κ1) is 11.3. The van der Waals surface area contributed by atoms with Gasteiger partial charge in [0.25, 0.3) is 5.91 Å². The number of carbonyl (C=O) groups excluding carboxylic acids is 1. The number of anilines is 1. The molecule has 0 aliphatic carbocycles. The Morgan fingerprint density at radius 1 is 0.947 bits per heavy atom. The van der Waals surface area contributed by atoms with Gasteiger partial charge in [-0.25, -0.2) is 4.98 Å². The van der Waals surface area contributed by atoms with E-state index in [0.717, 1.165) is 10.9 Å². The molecule has 0 unspecified atom stereocenters. The lowest BCUT2D eigenvalue weighted by Gasteiger charge is -2.05. The summed E-state index contributed by atoms with van der Waals surface area (Å²) in [5, 5.41) is 3.82. The Labute approximate surface area is 110 Å². The van der Waals surface area contributed by atoms with Crippen molar-refractivity contribution < 1.29 is 4.79 Å². The van der Waals surface area contributed by atoms with Crippen LogP contribution in [0.4, 0.5) is 5.82 Å². The van der Waals surface area contributed by atoms with E-state index >= 15 is 0 Å². The summed E-state index contributed by atoms with van der Waals surface area (Å²) in [6.07, 6.45) is 3.17. The van der Waals surface area contributed by atoms with E-state index in [2.05, 4.69) is 15.3 Å². The smallest absolute Gasteiger partial charge is 0.256 e. The van der Waals surface area contributed by atoms with Crippen molar-refractivity contribution in [1.29, 1.82) is 0 Å². The van der Waals surface area contributed by atoms with Crippen LogP contribution in [0.5, 0.6) is 0 Å². The third kappa shape index (κ3) is 2.42. The van der Waals surface area contributed by atoms with Crippen molar-refractivity contribution in [2.24, 2.45) is 0 Å². The number of nitrogens with one attached hydrogen (secondary N) is 1. The maximum Gasteiger partial charge on any atom is 0.256 e. The van der Waals surface area contributed by atoms with Crippen LogP contribution >= 0.6 is 0 Å². The van der Waals surface area contributed by atoms with E-state index in [0.29, 0.717) is 11.4 Å². The van der Waals surface area contributed by atoms with Gasteiger partial charge in [-0.2, -0.15) is 0 Å². The number of pyridine rings is 2. The Morgan fingerprint density at radius 3 is 2.58 bits per heavy atom. The van der Waals surface area contributed by atoms with Gasteiger partial charge in [-0.15, -0.1) is 0 Å². The number of para-hydroxylation sites is 1. The number of amides is 1. The molecule has 4 nitrogen and oxygen atoms in total. The topological polar surface area (TPSA) is 54.9 Å². The summed E-state index contributed by atoms with van der Waals surface area (Å²) < 4.78 is 0. The summed E-state index contributed by atoms with van der Waals surface area (Å²) in [4.78, 5) is 20.2. The Hall–Kier alpha value is -2.75. The predicted octanol–water partition coefficient (Wildman–Crippen LogP) is 2.88. The Morgan fingerprint density at radius 2 is 1.74 bits per heavy atom. The highest BCUT2D eigenvalue weighted by Crippen LogP contribution is 2.15. The summed E-state index contributed by atoms with van der Waals surface area (Å²) in [6.45, 7) is 0. The number of nitrogens with zero attached hydrogens (tertiary/aromatic N) is 2. The van der Waals surface area contributed by atoms with Crippen LogP contribution in [0.15, 0.2) is 60.9 Å². The fourth-order valence-electron chi connectivity index (χ4n) is 1.83. The molecule has 0 bridgehead atoms. The van der Waals surface area contributed by atoms with E-state index in [1.165, 1.54) is 0 Å². The van der Waals surface area contributed by atoms with Crippen molar-refractivity contribution in [2.45, 2.75) is 0 Å². The van der Waals surface area contributed by atoms with Crippen LogP contribution in [0, 0.1) is 0 Å². The lowest BCUT2D eigenvalue weighted by atomic mass is 10.2. The maximum atomic E-state index is 12.0. The zero-order chi connectivity index (χ0) is 13.1. The molecule has 2 aromatic heterocycles. The molecule has 4 heteroatoms. The van der Waals surface area contributed by atoms with Crippen LogP contribution in [0.3, 0.4) is 0 Å². The Bertz CT molecular complexity index is 726. The molecule has 1 N–H and O–H groups in total. The third-order valence-corrected chi connectivity index (χ3v) is 2.78. The van der Waals surface area contributed by atoms with Gasteiger partial charge in [-0.1, -0.05) is 18.2 Å². The molecule has 0 aliphatic heterocycles. The summed E-state index contributed by atoms with van der Waals surface area (Å²) in [5.41, 5.74) is 1.42. The summed E-state index contributed by atoms with van der Waals surface area (Å²) in [5.74, 6) is 0.352. The minimum atomic E-state index is -0.190. The predicted molar refractivity (Wildman–Crippen MR) is 73.9 cm³/mol. The van der Waals surface area contributed by atoms with Crippen LogP contribution < -0.4 is 5.32 Å². The largest absolute Gasteiger partial charge is 0.307 e. The molecule has 1 aromatic carbocycles. The number of benzene rings is 1. The summed E-state index contributed by atoms with van der Waals surface area (Å²) in [7, 11) is 0.